The monoisotopic (exact) mass is 381 g/mol. The van der Waals surface area contributed by atoms with Crippen LogP contribution in [0.1, 0.15) is 37.1 Å². The van der Waals surface area contributed by atoms with Crippen LogP contribution in [-0.2, 0) is 17.8 Å². The van der Waals surface area contributed by atoms with Gasteiger partial charge in [0.25, 0.3) is 0 Å². The van der Waals surface area contributed by atoms with Gasteiger partial charge in [-0.1, -0.05) is 18.2 Å². The Morgan fingerprint density at radius 2 is 1.96 bits per heavy atom. The third kappa shape index (κ3) is 4.16. The molecule has 6 heteroatoms. The van der Waals surface area contributed by atoms with E-state index < -0.39 is 0 Å². The zero-order valence-electron chi connectivity index (χ0n) is 15.6. The van der Waals surface area contributed by atoms with Gasteiger partial charge in [0.2, 0.25) is 5.91 Å². The summed E-state index contributed by atoms with van der Waals surface area (Å²) in [5.41, 5.74) is 2.21. The Hall–Kier alpha value is -2.89. The second-order valence-corrected chi connectivity index (χ2v) is 7.62. The summed E-state index contributed by atoms with van der Waals surface area (Å²) in [6.45, 7) is 0.233. The first kappa shape index (κ1) is 18.5. The highest BCUT2D eigenvalue weighted by atomic mass is 19.1. The fraction of sp³-hybridized carbons (Fsp3) is 0.364. The van der Waals surface area contributed by atoms with Gasteiger partial charge in [-0.2, -0.15) is 0 Å². The SMILES string of the molecule is O=C(NCc1ccccc1F)C1CCC(Cc2nc3ccc(O)cc3[nH]2)CC1. The number of benzene rings is 2. The number of fused-ring (bicyclic) bond motifs is 1. The Labute approximate surface area is 163 Å². The molecule has 1 heterocycles. The van der Waals surface area contributed by atoms with Crippen LogP contribution in [-0.4, -0.2) is 21.0 Å². The number of carbonyl (C=O) groups is 1. The van der Waals surface area contributed by atoms with Crippen LogP contribution in [0.15, 0.2) is 42.5 Å². The Balaban J connectivity index is 1.27. The molecule has 1 aromatic heterocycles. The molecule has 1 aliphatic rings. The molecule has 5 nitrogen and oxygen atoms in total. The van der Waals surface area contributed by atoms with Gasteiger partial charge in [0.1, 0.15) is 17.4 Å². The molecule has 1 amide bonds. The lowest BCUT2D eigenvalue weighted by molar-refractivity contribution is -0.126. The van der Waals surface area contributed by atoms with Crippen LogP contribution < -0.4 is 5.32 Å². The first-order chi connectivity index (χ1) is 13.6. The number of H-pyrrole nitrogens is 1. The highest BCUT2D eigenvalue weighted by Crippen LogP contribution is 2.31. The maximum atomic E-state index is 13.7. The van der Waals surface area contributed by atoms with Crippen LogP contribution >= 0.6 is 0 Å². The van der Waals surface area contributed by atoms with Crippen molar-refractivity contribution in [3.05, 3.63) is 59.7 Å². The predicted molar refractivity (Wildman–Crippen MR) is 105 cm³/mol. The lowest BCUT2D eigenvalue weighted by Gasteiger charge is -2.27. The highest BCUT2D eigenvalue weighted by Gasteiger charge is 2.27. The molecule has 1 saturated carbocycles. The molecular formula is C22H24FN3O2. The summed E-state index contributed by atoms with van der Waals surface area (Å²) in [6.07, 6.45) is 4.47. The summed E-state index contributed by atoms with van der Waals surface area (Å²) < 4.78 is 13.7. The summed E-state index contributed by atoms with van der Waals surface area (Å²) in [4.78, 5) is 20.3. The van der Waals surface area contributed by atoms with Crippen molar-refractivity contribution in [2.24, 2.45) is 11.8 Å². The fourth-order valence-electron chi connectivity index (χ4n) is 4.02. The van der Waals surface area contributed by atoms with Crippen LogP contribution in [0.4, 0.5) is 4.39 Å². The number of carbonyl (C=O) groups excluding carboxylic acids is 1. The number of hydrogen-bond acceptors (Lipinski definition) is 3. The van der Waals surface area contributed by atoms with Crippen LogP contribution in [0.25, 0.3) is 11.0 Å². The maximum Gasteiger partial charge on any atom is 0.223 e. The molecule has 1 aliphatic carbocycles. The molecule has 0 spiro atoms. The van der Waals surface area contributed by atoms with Crippen LogP contribution in [0, 0.1) is 17.7 Å². The first-order valence-electron chi connectivity index (χ1n) is 9.77. The summed E-state index contributed by atoms with van der Waals surface area (Å²) in [7, 11) is 0. The summed E-state index contributed by atoms with van der Waals surface area (Å²) in [6, 6.07) is 11.6. The topological polar surface area (TPSA) is 78.0 Å². The summed E-state index contributed by atoms with van der Waals surface area (Å²) >= 11 is 0. The van der Waals surface area contributed by atoms with Gasteiger partial charge >= 0.3 is 0 Å². The predicted octanol–water partition coefficient (Wildman–Crippen LogP) is 4.07. The summed E-state index contributed by atoms with van der Waals surface area (Å²) in [5.74, 6) is 1.37. The quantitative estimate of drug-likeness (QED) is 0.623. The molecule has 0 radical (unpaired) electrons. The van der Waals surface area contributed by atoms with E-state index >= 15 is 0 Å². The number of aromatic amines is 1. The largest absolute Gasteiger partial charge is 0.508 e. The van der Waals surface area contributed by atoms with E-state index in [4.69, 9.17) is 0 Å². The minimum atomic E-state index is -0.286. The molecule has 3 N–H and O–H groups in total. The molecule has 3 aromatic rings. The van der Waals surface area contributed by atoms with Crippen LogP contribution in [0.5, 0.6) is 5.75 Å². The Bertz CT molecular complexity index is 977. The third-order valence-corrected chi connectivity index (χ3v) is 5.62. The van der Waals surface area contributed by atoms with E-state index in [0.29, 0.717) is 11.5 Å². The van der Waals surface area contributed by atoms with Gasteiger partial charge in [-0.05, 0) is 49.8 Å². The van der Waals surface area contributed by atoms with E-state index in [-0.39, 0.29) is 29.9 Å². The van der Waals surface area contributed by atoms with Crippen LogP contribution in [0.3, 0.4) is 0 Å². The number of halogens is 1. The lowest BCUT2D eigenvalue weighted by Crippen LogP contribution is -2.33. The highest BCUT2D eigenvalue weighted by molar-refractivity contribution is 5.78. The molecule has 0 atom stereocenters. The van der Waals surface area contributed by atoms with Gasteiger partial charge in [0.05, 0.1) is 11.0 Å². The Morgan fingerprint density at radius 3 is 2.75 bits per heavy atom. The van der Waals surface area contributed by atoms with Crippen molar-refractivity contribution in [1.29, 1.82) is 0 Å². The van der Waals surface area contributed by atoms with E-state index in [9.17, 15) is 14.3 Å². The van der Waals surface area contributed by atoms with Crippen molar-refractivity contribution >= 4 is 16.9 Å². The number of aromatic nitrogens is 2. The van der Waals surface area contributed by atoms with E-state index in [1.54, 1.807) is 30.3 Å². The van der Waals surface area contributed by atoms with Crippen molar-refractivity contribution < 1.29 is 14.3 Å². The van der Waals surface area contributed by atoms with Gasteiger partial charge in [0, 0.05) is 30.5 Å². The zero-order chi connectivity index (χ0) is 19.5. The smallest absolute Gasteiger partial charge is 0.223 e. The number of phenolic OH excluding ortho intramolecular Hbond substituents is 1. The molecule has 2 aromatic carbocycles. The second kappa shape index (κ2) is 8.00. The van der Waals surface area contributed by atoms with E-state index in [1.165, 1.54) is 6.07 Å². The molecule has 28 heavy (non-hydrogen) atoms. The third-order valence-electron chi connectivity index (χ3n) is 5.62. The Morgan fingerprint density at radius 1 is 1.18 bits per heavy atom. The molecule has 4 rings (SSSR count). The molecular weight excluding hydrogens is 357 g/mol. The average molecular weight is 381 g/mol. The lowest BCUT2D eigenvalue weighted by atomic mass is 9.80. The second-order valence-electron chi connectivity index (χ2n) is 7.62. The fourth-order valence-corrected chi connectivity index (χ4v) is 4.02. The number of imidazole rings is 1. The van der Waals surface area contributed by atoms with Gasteiger partial charge in [-0.3, -0.25) is 4.79 Å². The molecule has 0 aliphatic heterocycles. The van der Waals surface area contributed by atoms with Crippen molar-refractivity contribution in [2.45, 2.75) is 38.6 Å². The van der Waals surface area contributed by atoms with E-state index in [0.717, 1.165) is 49.0 Å². The van der Waals surface area contributed by atoms with Crippen LogP contribution in [0.2, 0.25) is 0 Å². The van der Waals surface area contributed by atoms with Crippen molar-refractivity contribution in [3.8, 4) is 5.75 Å². The Kier molecular flexibility index (Phi) is 5.28. The maximum absolute atomic E-state index is 13.7. The minimum absolute atomic E-state index is 0.00403. The zero-order valence-corrected chi connectivity index (χ0v) is 15.6. The number of nitrogens with one attached hydrogen (secondary N) is 2. The minimum Gasteiger partial charge on any atom is -0.508 e. The number of amides is 1. The average Bonchev–Trinajstić information content (AvgIpc) is 3.09. The molecule has 0 unspecified atom stereocenters. The van der Waals surface area contributed by atoms with Crippen molar-refractivity contribution in [1.82, 2.24) is 15.3 Å². The van der Waals surface area contributed by atoms with Gasteiger partial charge in [-0.25, -0.2) is 9.37 Å². The first-order valence-corrected chi connectivity index (χ1v) is 9.77. The number of hydrogen-bond donors (Lipinski definition) is 3. The molecule has 146 valence electrons. The summed E-state index contributed by atoms with van der Waals surface area (Å²) in [5, 5.41) is 12.4. The standard InChI is InChI=1S/C22H24FN3O2/c23-18-4-2-1-3-16(18)13-24-22(28)15-7-5-14(6-8-15)11-21-25-19-10-9-17(27)12-20(19)26-21/h1-4,9-10,12,14-15,27H,5-8,11,13H2,(H,24,28)(H,25,26). The van der Waals surface area contributed by atoms with Crippen molar-refractivity contribution in [3.63, 3.8) is 0 Å². The molecule has 1 fully saturated rings. The number of aromatic hydroxyl groups is 1. The van der Waals surface area contributed by atoms with Gasteiger partial charge in [-0.15, -0.1) is 0 Å². The van der Waals surface area contributed by atoms with Crippen molar-refractivity contribution in [2.75, 3.05) is 0 Å². The molecule has 0 bridgehead atoms. The van der Waals surface area contributed by atoms with E-state index in [2.05, 4.69) is 15.3 Å². The van der Waals surface area contributed by atoms with E-state index in [1.807, 2.05) is 6.07 Å². The number of rotatable bonds is 5. The number of phenols is 1. The van der Waals surface area contributed by atoms with Gasteiger partial charge in [0.15, 0.2) is 0 Å². The van der Waals surface area contributed by atoms with Gasteiger partial charge < -0.3 is 15.4 Å². The number of nitrogens with zero attached hydrogens (tertiary/aromatic N) is 1. The normalized spacial score (nSPS) is 19.6. The molecule has 0 saturated heterocycles.